The van der Waals surface area contributed by atoms with Crippen molar-refractivity contribution in [2.75, 3.05) is 6.61 Å². The third-order valence-electron chi connectivity index (χ3n) is 2.12. The summed E-state index contributed by atoms with van der Waals surface area (Å²) in [5.74, 6) is -1.84. The van der Waals surface area contributed by atoms with Crippen LogP contribution in [0.5, 0.6) is 0 Å². The van der Waals surface area contributed by atoms with E-state index < -0.39 is 44.1 Å². The van der Waals surface area contributed by atoms with Gasteiger partial charge in [0.15, 0.2) is 4.90 Å². The molecule has 104 valence electrons. The molecule has 0 radical (unpaired) electrons. The van der Waals surface area contributed by atoms with Crippen LogP contribution in [-0.2, 0) is 14.8 Å². The molecule has 0 aliphatic rings. The molecule has 0 spiro atoms. The van der Waals surface area contributed by atoms with E-state index in [0.717, 1.165) is 12.1 Å². The summed E-state index contributed by atoms with van der Waals surface area (Å²) < 4.78 is 25.2. The Kier molecular flexibility index (Phi) is 8.46. The number of nitro benzene ring substituents is 1. The van der Waals surface area contributed by atoms with E-state index in [9.17, 15) is 28.4 Å². The topological polar surface area (TPSA) is 150 Å². The molecule has 1 aromatic carbocycles. The molecule has 0 unspecified atom stereocenters. The van der Waals surface area contributed by atoms with E-state index in [1.54, 1.807) is 4.72 Å². The molecule has 0 amide bonds. The zero-order valence-electron chi connectivity index (χ0n) is 10.3. The second-order valence-corrected chi connectivity index (χ2v) is 5.08. The first-order valence-corrected chi connectivity index (χ1v) is 6.35. The fourth-order valence-corrected chi connectivity index (χ4v) is 2.59. The van der Waals surface area contributed by atoms with Crippen molar-refractivity contribution in [3.63, 3.8) is 0 Å². The minimum atomic E-state index is -4.46. The van der Waals surface area contributed by atoms with Crippen molar-refractivity contribution in [1.82, 2.24) is 4.72 Å². The summed E-state index contributed by atoms with van der Waals surface area (Å²) in [7, 11) is -4.46. The SMILES string of the molecule is O=C([O-])[C@H](CO)NS(=O)(=O)c1ccccc1[N+](=O)[O-].[Cs+]. The Morgan fingerprint density at radius 2 is 1.95 bits per heavy atom. The summed E-state index contributed by atoms with van der Waals surface area (Å²) in [4.78, 5) is 19.6. The van der Waals surface area contributed by atoms with Gasteiger partial charge in [-0.2, -0.15) is 4.72 Å². The number of carboxylic acid groups (broad SMARTS) is 1. The number of aliphatic carboxylic acids is 1. The molecule has 1 atom stereocenters. The number of carbonyl (C=O) groups excluding carboxylic acids is 1. The molecule has 20 heavy (non-hydrogen) atoms. The predicted octanol–water partition coefficient (Wildman–Crippen LogP) is -5.01. The summed E-state index contributed by atoms with van der Waals surface area (Å²) in [5.41, 5.74) is -0.704. The van der Waals surface area contributed by atoms with Gasteiger partial charge in [0.1, 0.15) is 0 Å². The number of hydrogen-bond acceptors (Lipinski definition) is 7. The Morgan fingerprint density at radius 3 is 2.40 bits per heavy atom. The van der Waals surface area contributed by atoms with Crippen molar-refractivity contribution >= 4 is 21.7 Å². The average Bonchev–Trinajstić information content (AvgIpc) is 2.35. The van der Waals surface area contributed by atoms with E-state index in [0.29, 0.717) is 0 Å². The Hall–Kier alpha value is 0.0119. The van der Waals surface area contributed by atoms with E-state index in [1.807, 2.05) is 0 Å². The molecule has 0 heterocycles. The smallest absolute Gasteiger partial charge is 0.548 e. The van der Waals surface area contributed by atoms with E-state index in [-0.39, 0.29) is 68.9 Å². The van der Waals surface area contributed by atoms with Crippen molar-refractivity contribution in [1.29, 1.82) is 0 Å². The van der Waals surface area contributed by atoms with Crippen LogP contribution in [0.25, 0.3) is 0 Å². The molecule has 11 heteroatoms. The van der Waals surface area contributed by atoms with Crippen LogP contribution in [0.15, 0.2) is 29.2 Å². The summed E-state index contributed by atoms with van der Waals surface area (Å²) in [6.45, 7) is -1.04. The number of aliphatic hydroxyl groups is 1. The van der Waals surface area contributed by atoms with Gasteiger partial charge < -0.3 is 15.0 Å². The largest absolute Gasteiger partial charge is 1.00 e. The molecule has 0 bridgehead atoms. The van der Waals surface area contributed by atoms with Gasteiger partial charge in [0.25, 0.3) is 5.69 Å². The Balaban J connectivity index is 0.00000361. The monoisotopic (exact) mass is 422 g/mol. The molecule has 9 nitrogen and oxygen atoms in total. The summed E-state index contributed by atoms with van der Waals surface area (Å²) >= 11 is 0. The van der Waals surface area contributed by atoms with Crippen LogP contribution >= 0.6 is 0 Å². The maximum atomic E-state index is 11.8. The molecule has 0 fully saturated rings. The van der Waals surface area contributed by atoms with Gasteiger partial charge in [0.05, 0.1) is 23.5 Å². The quantitative estimate of drug-likeness (QED) is 0.344. The predicted molar refractivity (Wildman–Crippen MR) is 59.3 cm³/mol. The molecule has 1 rings (SSSR count). The average molecular weight is 422 g/mol. The van der Waals surface area contributed by atoms with Crippen LogP contribution in [0.4, 0.5) is 5.69 Å². The summed E-state index contributed by atoms with van der Waals surface area (Å²) in [6.07, 6.45) is 0. The van der Waals surface area contributed by atoms with Gasteiger partial charge in [-0.15, -0.1) is 0 Å². The number of nitrogens with zero attached hydrogens (tertiary/aromatic N) is 1. The van der Waals surface area contributed by atoms with Gasteiger partial charge in [0.2, 0.25) is 10.0 Å². The van der Waals surface area contributed by atoms with E-state index in [2.05, 4.69) is 0 Å². The molecular formula is C9H9CsN2O7S. The normalized spacial score (nSPS) is 12.2. The second kappa shape index (κ2) is 8.45. The van der Waals surface area contributed by atoms with E-state index in [1.165, 1.54) is 12.1 Å². The Labute approximate surface area is 173 Å². The van der Waals surface area contributed by atoms with Crippen molar-refractivity contribution in [3.05, 3.63) is 34.4 Å². The van der Waals surface area contributed by atoms with Crippen molar-refractivity contribution in [3.8, 4) is 0 Å². The van der Waals surface area contributed by atoms with Gasteiger partial charge in [-0.25, -0.2) is 8.42 Å². The Bertz CT molecular complexity index is 604. The summed E-state index contributed by atoms with van der Waals surface area (Å²) in [5, 5.41) is 29.9. The molecule has 2 N–H and O–H groups in total. The van der Waals surface area contributed by atoms with Crippen molar-refractivity contribution < 1.29 is 97.2 Å². The first-order valence-electron chi connectivity index (χ1n) is 4.87. The number of nitro groups is 1. The molecule has 0 aromatic heterocycles. The number of hydrogen-bond donors (Lipinski definition) is 2. The van der Waals surface area contributed by atoms with Crippen LogP contribution in [-0.4, -0.2) is 37.1 Å². The third kappa shape index (κ3) is 5.09. The molecule has 0 aliphatic carbocycles. The zero-order chi connectivity index (χ0) is 14.6. The third-order valence-corrected chi connectivity index (χ3v) is 3.64. The second-order valence-electron chi connectivity index (χ2n) is 3.40. The number of carbonyl (C=O) groups is 1. The minimum absolute atomic E-state index is 0. The number of carboxylic acids is 1. The van der Waals surface area contributed by atoms with Crippen LogP contribution in [0.3, 0.4) is 0 Å². The fourth-order valence-electron chi connectivity index (χ4n) is 1.25. The standard InChI is InChI=1S/C9H10N2O7S.Cs/c12-5-6(9(13)14)10-19(17,18)8-4-2-1-3-7(8)11(15)16;/h1-4,6,10,12H,5H2,(H,13,14);/q;+1/p-1/t6-;/m0./s1. The number of benzene rings is 1. The molecule has 1 aromatic rings. The first kappa shape index (κ1) is 20.0. The molecule has 0 saturated carbocycles. The van der Waals surface area contributed by atoms with Crippen LogP contribution in [0.2, 0.25) is 0 Å². The van der Waals surface area contributed by atoms with Gasteiger partial charge in [0, 0.05) is 6.07 Å². The van der Waals surface area contributed by atoms with E-state index in [4.69, 9.17) is 5.11 Å². The number of rotatable bonds is 6. The maximum Gasteiger partial charge on any atom is 1.00 e. The Morgan fingerprint density at radius 1 is 1.40 bits per heavy atom. The van der Waals surface area contributed by atoms with Crippen molar-refractivity contribution in [2.45, 2.75) is 10.9 Å². The van der Waals surface area contributed by atoms with Gasteiger partial charge >= 0.3 is 68.9 Å². The maximum absolute atomic E-state index is 11.8. The van der Waals surface area contributed by atoms with Gasteiger partial charge in [-0.3, -0.25) is 10.1 Å². The number of aliphatic hydroxyl groups excluding tert-OH is 1. The van der Waals surface area contributed by atoms with Crippen LogP contribution in [0.1, 0.15) is 0 Å². The molecule has 0 aliphatic heterocycles. The fraction of sp³-hybridized carbons (Fsp3) is 0.222. The van der Waals surface area contributed by atoms with Crippen LogP contribution in [0, 0.1) is 10.1 Å². The number of nitrogens with one attached hydrogen (secondary N) is 1. The number of sulfonamides is 1. The van der Waals surface area contributed by atoms with Gasteiger partial charge in [-0.1, -0.05) is 12.1 Å². The van der Waals surface area contributed by atoms with E-state index >= 15 is 0 Å². The molecule has 0 saturated heterocycles. The first-order chi connectivity index (χ1) is 8.79. The van der Waals surface area contributed by atoms with Crippen LogP contribution < -0.4 is 78.7 Å². The van der Waals surface area contributed by atoms with Crippen molar-refractivity contribution in [2.24, 2.45) is 0 Å². The minimum Gasteiger partial charge on any atom is -0.548 e. The number of para-hydroxylation sites is 1. The zero-order valence-corrected chi connectivity index (χ0v) is 17.4. The molecular weight excluding hydrogens is 413 g/mol. The van der Waals surface area contributed by atoms with Gasteiger partial charge in [-0.05, 0) is 6.07 Å². The summed E-state index contributed by atoms with van der Waals surface area (Å²) in [6, 6.07) is 2.53.